The van der Waals surface area contributed by atoms with Crippen LogP contribution in [0, 0.1) is 6.92 Å². The molecule has 0 unspecified atom stereocenters. The first kappa shape index (κ1) is 23.6. The minimum atomic E-state index is -0.623. The molecule has 0 spiro atoms. The van der Waals surface area contributed by atoms with Crippen LogP contribution >= 0.6 is 27.5 Å². The Kier molecular flexibility index (Phi) is 8.38. The maximum absolute atomic E-state index is 13.1. The molecule has 1 aliphatic rings. The number of halogens is 2. The second-order valence-electron chi connectivity index (χ2n) is 8.02. The molecule has 2 aromatic carbocycles. The number of ether oxygens (including phenoxy) is 1. The number of hydrogen-bond acceptors (Lipinski definition) is 3. The van der Waals surface area contributed by atoms with Gasteiger partial charge < -0.3 is 15.0 Å². The number of aryl methyl sites for hydroxylation is 1. The highest BCUT2D eigenvalue weighted by Gasteiger charge is 2.28. The molecule has 3 rings (SSSR count). The Morgan fingerprint density at radius 3 is 2.65 bits per heavy atom. The minimum Gasteiger partial charge on any atom is -0.484 e. The van der Waals surface area contributed by atoms with Crippen LogP contribution in [0.4, 0.5) is 0 Å². The topological polar surface area (TPSA) is 58.6 Å². The van der Waals surface area contributed by atoms with Gasteiger partial charge in [0.05, 0.1) is 0 Å². The van der Waals surface area contributed by atoms with Gasteiger partial charge in [-0.2, -0.15) is 0 Å². The van der Waals surface area contributed by atoms with Gasteiger partial charge >= 0.3 is 0 Å². The fourth-order valence-electron chi connectivity index (χ4n) is 3.74. The summed E-state index contributed by atoms with van der Waals surface area (Å²) in [4.78, 5) is 27.6. The Balaban J connectivity index is 1.72. The maximum atomic E-state index is 13.1. The lowest BCUT2D eigenvalue weighted by Crippen LogP contribution is -2.50. The van der Waals surface area contributed by atoms with E-state index < -0.39 is 6.04 Å². The van der Waals surface area contributed by atoms with Crippen molar-refractivity contribution in [2.24, 2.45) is 0 Å². The van der Waals surface area contributed by atoms with Crippen molar-refractivity contribution in [2.45, 2.75) is 58.2 Å². The van der Waals surface area contributed by atoms with Crippen LogP contribution in [-0.2, 0) is 16.1 Å². The molecule has 2 aromatic rings. The van der Waals surface area contributed by atoms with Gasteiger partial charge in [-0.15, -0.1) is 0 Å². The van der Waals surface area contributed by atoms with Crippen LogP contribution in [0.2, 0.25) is 5.02 Å². The monoisotopic (exact) mass is 506 g/mol. The summed E-state index contributed by atoms with van der Waals surface area (Å²) >= 11 is 9.58. The number of carbonyl (C=O) groups excluding carboxylic acids is 2. The van der Waals surface area contributed by atoms with Gasteiger partial charge in [0.15, 0.2) is 6.61 Å². The van der Waals surface area contributed by atoms with E-state index in [4.69, 9.17) is 16.3 Å². The Hall–Kier alpha value is -2.05. The molecular formula is C24H28BrClN2O3. The number of rotatable bonds is 8. The molecule has 166 valence electrons. The number of hydrogen-bond donors (Lipinski definition) is 1. The Morgan fingerprint density at radius 2 is 1.97 bits per heavy atom. The molecule has 1 saturated carbocycles. The van der Waals surface area contributed by atoms with E-state index in [9.17, 15) is 9.59 Å². The molecule has 1 N–H and O–H groups in total. The predicted octanol–water partition coefficient (Wildman–Crippen LogP) is 5.27. The zero-order valence-electron chi connectivity index (χ0n) is 17.9. The third-order valence-corrected chi connectivity index (χ3v) is 6.73. The lowest BCUT2D eigenvalue weighted by Gasteiger charge is -2.29. The zero-order chi connectivity index (χ0) is 22.4. The number of nitrogens with zero attached hydrogens (tertiary/aromatic N) is 1. The Morgan fingerprint density at radius 1 is 1.23 bits per heavy atom. The van der Waals surface area contributed by atoms with Crippen LogP contribution in [0.25, 0.3) is 0 Å². The van der Waals surface area contributed by atoms with Crippen molar-refractivity contribution in [3.8, 4) is 5.75 Å². The van der Waals surface area contributed by atoms with Crippen molar-refractivity contribution in [1.82, 2.24) is 10.2 Å². The summed E-state index contributed by atoms with van der Waals surface area (Å²) in [6.07, 6.45) is 4.25. The first-order chi connectivity index (χ1) is 14.8. The van der Waals surface area contributed by atoms with E-state index in [0.29, 0.717) is 10.8 Å². The molecule has 0 saturated heterocycles. The summed E-state index contributed by atoms with van der Waals surface area (Å²) in [7, 11) is 0. The molecule has 1 aliphatic carbocycles. The van der Waals surface area contributed by atoms with E-state index in [1.807, 2.05) is 43.3 Å². The summed E-state index contributed by atoms with van der Waals surface area (Å²) < 4.78 is 6.72. The van der Waals surface area contributed by atoms with Gasteiger partial charge in [-0.1, -0.05) is 52.5 Å². The average molecular weight is 508 g/mol. The third-order valence-electron chi connectivity index (χ3n) is 5.60. The highest BCUT2D eigenvalue weighted by atomic mass is 79.9. The van der Waals surface area contributed by atoms with Gasteiger partial charge in [-0.25, -0.2) is 0 Å². The van der Waals surface area contributed by atoms with Gasteiger partial charge in [0, 0.05) is 22.1 Å². The second-order valence-corrected chi connectivity index (χ2v) is 9.31. The van der Waals surface area contributed by atoms with E-state index in [-0.39, 0.29) is 31.0 Å². The van der Waals surface area contributed by atoms with Crippen molar-refractivity contribution in [1.29, 1.82) is 0 Å². The largest absolute Gasteiger partial charge is 0.484 e. The van der Waals surface area contributed by atoms with Gasteiger partial charge in [-0.3, -0.25) is 9.59 Å². The average Bonchev–Trinajstić information content (AvgIpc) is 3.25. The molecule has 5 nitrogen and oxygen atoms in total. The van der Waals surface area contributed by atoms with E-state index in [1.165, 1.54) is 0 Å². The first-order valence-electron chi connectivity index (χ1n) is 10.6. The minimum absolute atomic E-state index is 0.137. The Labute approximate surface area is 197 Å². The van der Waals surface area contributed by atoms with Gasteiger partial charge in [-0.05, 0) is 68.1 Å². The van der Waals surface area contributed by atoms with Crippen LogP contribution < -0.4 is 10.1 Å². The second kappa shape index (κ2) is 11.0. The summed E-state index contributed by atoms with van der Waals surface area (Å²) in [5.74, 6) is 0.219. The quantitative estimate of drug-likeness (QED) is 0.530. The predicted molar refractivity (Wildman–Crippen MR) is 126 cm³/mol. The lowest BCUT2D eigenvalue weighted by molar-refractivity contribution is -0.142. The Bertz CT molecular complexity index is 931. The van der Waals surface area contributed by atoms with Crippen LogP contribution in [0.1, 0.15) is 43.7 Å². The van der Waals surface area contributed by atoms with Crippen LogP contribution in [0.3, 0.4) is 0 Å². The molecular weight excluding hydrogens is 480 g/mol. The van der Waals surface area contributed by atoms with Crippen molar-refractivity contribution < 1.29 is 14.3 Å². The maximum Gasteiger partial charge on any atom is 0.261 e. The molecule has 0 radical (unpaired) electrons. The third kappa shape index (κ3) is 6.71. The summed E-state index contributed by atoms with van der Waals surface area (Å²) in [5.41, 5.74) is 1.88. The number of amides is 2. The standard InChI is InChI=1S/C24H28BrClN2O3/c1-16-12-21(10-11-22(16)25)31-15-23(29)28(14-18-6-5-7-19(26)13-18)17(2)24(30)27-20-8-3-4-9-20/h5-7,10-13,17,20H,3-4,8-9,14-15H2,1-2H3,(H,27,30)/t17-/m0/s1. The molecule has 31 heavy (non-hydrogen) atoms. The number of benzene rings is 2. The zero-order valence-corrected chi connectivity index (χ0v) is 20.2. The molecule has 0 aromatic heterocycles. The van der Waals surface area contributed by atoms with Crippen molar-refractivity contribution in [2.75, 3.05) is 6.61 Å². The lowest BCUT2D eigenvalue weighted by atomic mass is 10.1. The number of carbonyl (C=O) groups is 2. The summed E-state index contributed by atoms with van der Waals surface area (Å²) in [5, 5.41) is 3.69. The van der Waals surface area contributed by atoms with Crippen molar-refractivity contribution in [3.63, 3.8) is 0 Å². The van der Waals surface area contributed by atoms with E-state index in [0.717, 1.165) is 41.3 Å². The molecule has 1 atom stereocenters. The van der Waals surface area contributed by atoms with Crippen molar-refractivity contribution in [3.05, 3.63) is 63.1 Å². The van der Waals surface area contributed by atoms with Crippen LogP contribution in [-0.4, -0.2) is 35.4 Å². The van der Waals surface area contributed by atoms with Crippen LogP contribution in [0.15, 0.2) is 46.9 Å². The van der Waals surface area contributed by atoms with E-state index >= 15 is 0 Å². The SMILES string of the molecule is Cc1cc(OCC(=O)N(Cc2cccc(Cl)c2)[C@@H](C)C(=O)NC2CCCC2)ccc1Br. The fraction of sp³-hybridized carbons (Fsp3) is 0.417. The molecule has 0 aliphatic heterocycles. The molecule has 7 heteroatoms. The smallest absolute Gasteiger partial charge is 0.261 e. The highest BCUT2D eigenvalue weighted by molar-refractivity contribution is 9.10. The molecule has 0 heterocycles. The van der Waals surface area contributed by atoms with E-state index in [2.05, 4.69) is 21.2 Å². The van der Waals surface area contributed by atoms with Gasteiger partial charge in [0.1, 0.15) is 11.8 Å². The number of nitrogens with one attached hydrogen (secondary N) is 1. The molecule has 1 fully saturated rings. The van der Waals surface area contributed by atoms with E-state index in [1.54, 1.807) is 17.9 Å². The first-order valence-corrected chi connectivity index (χ1v) is 11.7. The molecule has 0 bridgehead atoms. The fourth-order valence-corrected chi connectivity index (χ4v) is 4.20. The highest BCUT2D eigenvalue weighted by Crippen LogP contribution is 2.22. The summed E-state index contributed by atoms with van der Waals surface area (Å²) in [6.45, 7) is 3.85. The van der Waals surface area contributed by atoms with Gasteiger partial charge in [0.2, 0.25) is 5.91 Å². The van der Waals surface area contributed by atoms with Gasteiger partial charge in [0.25, 0.3) is 5.91 Å². The van der Waals surface area contributed by atoms with Crippen molar-refractivity contribution >= 4 is 39.3 Å². The molecule has 2 amide bonds. The normalized spacial score (nSPS) is 14.8. The van der Waals surface area contributed by atoms with Crippen LogP contribution in [0.5, 0.6) is 5.75 Å². The summed E-state index contributed by atoms with van der Waals surface area (Å²) in [6, 6.07) is 12.5.